The first kappa shape index (κ1) is 20.6. The summed E-state index contributed by atoms with van der Waals surface area (Å²) in [5.74, 6) is 0.733. The van der Waals surface area contributed by atoms with Crippen molar-refractivity contribution in [1.82, 2.24) is 15.2 Å². The van der Waals surface area contributed by atoms with Gasteiger partial charge in [-0.15, -0.1) is 0 Å². The maximum atomic E-state index is 12.5. The predicted molar refractivity (Wildman–Crippen MR) is 113 cm³/mol. The first-order valence-electron chi connectivity index (χ1n) is 9.56. The number of H-pyrrole nitrogens is 1. The molecule has 0 amide bonds. The number of nitrogens with zero attached hydrogens (tertiary/aromatic N) is 1. The summed E-state index contributed by atoms with van der Waals surface area (Å²) < 4.78 is 10.9. The number of rotatable bonds is 8. The van der Waals surface area contributed by atoms with Gasteiger partial charge >= 0.3 is 0 Å². The molecule has 3 N–H and O–H groups in total. The van der Waals surface area contributed by atoms with E-state index < -0.39 is 0 Å². The lowest BCUT2D eigenvalue weighted by Gasteiger charge is -2.26. The molecule has 1 saturated heterocycles. The Hall–Kier alpha value is -2.16. The van der Waals surface area contributed by atoms with E-state index >= 15 is 0 Å². The molecule has 0 aliphatic carbocycles. The Morgan fingerprint density at radius 2 is 2.32 bits per heavy atom. The van der Waals surface area contributed by atoms with Gasteiger partial charge in [-0.3, -0.25) is 4.79 Å². The third kappa shape index (κ3) is 5.21. The molecule has 152 valence electrons. The molecule has 1 fully saturated rings. The first-order valence-corrected chi connectivity index (χ1v) is 9.96. The number of methoxy groups -OCH3 is 1. The molecule has 2 aromatic rings. The normalized spacial score (nSPS) is 16.3. The molecule has 0 bridgehead atoms. The smallest absolute Gasteiger partial charge is 0.253 e. The molecule has 1 atom stereocenters. The van der Waals surface area contributed by atoms with Crippen LogP contribution in [0, 0.1) is 0 Å². The number of aliphatic hydroxyl groups is 1. The second kappa shape index (κ2) is 9.86. The molecular formula is C20H27N3O4S. The van der Waals surface area contributed by atoms with E-state index in [1.165, 1.54) is 0 Å². The highest BCUT2D eigenvalue weighted by atomic mass is 32.1. The van der Waals surface area contributed by atoms with Crippen LogP contribution in [0.1, 0.15) is 24.8 Å². The third-order valence-electron chi connectivity index (χ3n) is 4.87. The fourth-order valence-corrected chi connectivity index (χ4v) is 3.55. The summed E-state index contributed by atoms with van der Waals surface area (Å²) in [5.41, 5.74) is 1.23. The van der Waals surface area contributed by atoms with Gasteiger partial charge in [0.05, 0.1) is 19.8 Å². The summed E-state index contributed by atoms with van der Waals surface area (Å²) in [6.07, 6.45) is 2.84. The van der Waals surface area contributed by atoms with Crippen molar-refractivity contribution in [1.29, 1.82) is 0 Å². The van der Waals surface area contributed by atoms with Crippen molar-refractivity contribution in [3.8, 4) is 5.75 Å². The number of thiocarbonyl (C=S) groups is 1. The van der Waals surface area contributed by atoms with Gasteiger partial charge in [-0.05, 0) is 55.7 Å². The number of fused-ring (bicyclic) bond motifs is 1. The highest BCUT2D eigenvalue weighted by molar-refractivity contribution is 7.80. The Kier molecular flexibility index (Phi) is 7.24. The number of aromatic amines is 1. The Balaban J connectivity index is 1.75. The van der Waals surface area contributed by atoms with E-state index in [1.54, 1.807) is 7.11 Å². The minimum atomic E-state index is -0.145. The number of pyridine rings is 1. The molecule has 1 aliphatic rings. The summed E-state index contributed by atoms with van der Waals surface area (Å²) in [6.45, 7) is 2.43. The van der Waals surface area contributed by atoms with Crippen LogP contribution in [0.25, 0.3) is 10.9 Å². The van der Waals surface area contributed by atoms with Crippen LogP contribution >= 0.6 is 12.2 Å². The molecule has 0 radical (unpaired) electrons. The molecule has 0 unspecified atom stereocenters. The van der Waals surface area contributed by atoms with Crippen LogP contribution in [-0.2, 0) is 11.3 Å². The summed E-state index contributed by atoms with van der Waals surface area (Å²) in [4.78, 5) is 17.4. The second-order valence-electron chi connectivity index (χ2n) is 6.90. The highest BCUT2D eigenvalue weighted by Gasteiger charge is 2.18. The van der Waals surface area contributed by atoms with Crippen LogP contribution in [0.5, 0.6) is 5.75 Å². The number of benzene rings is 1. The van der Waals surface area contributed by atoms with Gasteiger partial charge in [-0.25, -0.2) is 0 Å². The van der Waals surface area contributed by atoms with Crippen LogP contribution < -0.4 is 15.6 Å². The van der Waals surface area contributed by atoms with Gasteiger partial charge in [0.15, 0.2) is 5.11 Å². The molecule has 8 heteroatoms. The van der Waals surface area contributed by atoms with Crippen molar-refractivity contribution in [2.24, 2.45) is 0 Å². The maximum Gasteiger partial charge on any atom is 0.253 e. The first-order chi connectivity index (χ1) is 13.6. The minimum absolute atomic E-state index is 0.0656. The van der Waals surface area contributed by atoms with Crippen LogP contribution in [0.15, 0.2) is 29.1 Å². The molecule has 0 saturated carbocycles. The van der Waals surface area contributed by atoms with Gasteiger partial charge in [0, 0.05) is 42.8 Å². The Morgan fingerprint density at radius 3 is 3.04 bits per heavy atom. The third-order valence-corrected chi connectivity index (χ3v) is 5.27. The number of nitrogens with one attached hydrogen (secondary N) is 2. The average molecular weight is 406 g/mol. The van der Waals surface area contributed by atoms with Crippen LogP contribution in [0.2, 0.25) is 0 Å². The summed E-state index contributed by atoms with van der Waals surface area (Å²) in [7, 11) is 1.61. The van der Waals surface area contributed by atoms with Gasteiger partial charge in [0.25, 0.3) is 5.56 Å². The predicted octanol–water partition coefficient (Wildman–Crippen LogP) is 1.77. The number of hydrogen-bond acceptors (Lipinski definition) is 5. The number of ether oxygens (including phenoxy) is 2. The zero-order valence-electron chi connectivity index (χ0n) is 16.1. The fraction of sp³-hybridized carbons (Fsp3) is 0.500. The lowest BCUT2D eigenvalue weighted by atomic mass is 10.1. The average Bonchev–Trinajstić information content (AvgIpc) is 3.22. The van der Waals surface area contributed by atoms with Crippen LogP contribution in [-0.4, -0.2) is 59.6 Å². The van der Waals surface area contributed by atoms with Crippen molar-refractivity contribution in [2.75, 3.05) is 33.4 Å². The standard InChI is InChI=1S/C20H27N3O4S/c1-26-16-5-6-18-14(11-16)10-15(19(25)22-18)13-23(7-3-8-24)20(28)21-12-17-4-2-9-27-17/h5-6,10-11,17,24H,2-4,7-9,12-13H2,1H3,(H,21,28)(H,22,25)/t17-/m0/s1. The number of aromatic nitrogens is 1. The van der Waals surface area contributed by atoms with E-state index in [1.807, 2.05) is 29.2 Å². The summed E-state index contributed by atoms with van der Waals surface area (Å²) in [5, 5.41) is 13.9. The fourth-order valence-electron chi connectivity index (χ4n) is 3.31. The number of hydrogen-bond donors (Lipinski definition) is 3. The molecule has 2 heterocycles. The minimum Gasteiger partial charge on any atom is -0.497 e. The van der Waals surface area contributed by atoms with Gasteiger partial charge in [0.2, 0.25) is 0 Å². The van der Waals surface area contributed by atoms with Crippen molar-refractivity contribution in [3.05, 3.63) is 40.2 Å². The maximum absolute atomic E-state index is 12.5. The SMILES string of the molecule is COc1ccc2[nH]c(=O)c(CN(CCCO)C(=S)NC[C@@H]3CCCO3)cc2c1. The van der Waals surface area contributed by atoms with E-state index in [4.69, 9.17) is 21.7 Å². The van der Waals surface area contributed by atoms with E-state index in [9.17, 15) is 9.90 Å². The zero-order valence-corrected chi connectivity index (χ0v) is 16.9. The number of aliphatic hydroxyl groups excluding tert-OH is 1. The van der Waals surface area contributed by atoms with E-state index in [0.717, 1.165) is 36.1 Å². The largest absolute Gasteiger partial charge is 0.497 e. The molecular weight excluding hydrogens is 378 g/mol. The second-order valence-corrected chi connectivity index (χ2v) is 7.28. The monoisotopic (exact) mass is 405 g/mol. The van der Waals surface area contributed by atoms with Crippen LogP contribution in [0.3, 0.4) is 0 Å². The van der Waals surface area contributed by atoms with Gasteiger partial charge < -0.3 is 29.8 Å². The van der Waals surface area contributed by atoms with Crippen molar-refractivity contribution < 1.29 is 14.6 Å². The zero-order chi connectivity index (χ0) is 19.9. The van der Waals surface area contributed by atoms with Gasteiger partial charge in [0.1, 0.15) is 5.75 Å². The topological polar surface area (TPSA) is 86.8 Å². The van der Waals surface area contributed by atoms with Crippen molar-refractivity contribution >= 4 is 28.2 Å². The molecule has 28 heavy (non-hydrogen) atoms. The highest BCUT2D eigenvalue weighted by Crippen LogP contribution is 2.19. The summed E-state index contributed by atoms with van der Waals surface area (Å²) in [6, 6.07) is 7.40. The Morgan fingerprint density at radius 1 is 1.46 bits per heavy atom. The quantitative estimate of drug-likeness (QED) is 0.577. The Bertz CT molecular complexity index is 864. The molecule has 1 aromatic carbocycles. The van der Waals surface area contributed by atoms with Crippen molar-refractivity contribution in [3.63, 3.8) is 0 Å². The van der Waals surface area contributed by atoms with Gasteiger partial charge in [-0.2, -0.15) is 0 Å². The van der Waals surface area contributed by atoms with Crippen molar-refractivity contribution in [2.45, 2.75) is 31.9 Å². The van der Waals surface area contributed by atoms with E-state index in [2.05, 4.69) is 10.3 Å². The van der Waals surface area contributed by atoms with E-state index in [0.29, 0.717) is 36.7 Å². The van der Waals surface area contributed by atoms with Crippen LogP contribution in [0.4, 0.5) is 0 Å². The molecule has 1 aliphatic heterocycles. The Labute approximate surface area is 169 Å². The summed E-state index contributed by atoms with van der Waals surface area (Å²) >= 11 is 5.55. The van der Waals surface area contributed by atoms with E-state index in [-0.39, 0.29) is 18.3 Å². The molecule has 3 rings (SSSR count). The van der Waals surface area contributed by atoms with Gasteiger partial charge in [-0.1, -0.05) is 0 Å². The molecule has 1 aromatic heterocycles. The molecule has 0 spiro atoms. The molecule has 7 nitrogen and oxygen atoms in total. The lowest BCUT2D eigenvalue weighted by molar-refractivity contribution is 0.113. The lowest BCUT2D eigenvalue weighted by Crippen LogP contribution is -2.43.